The van der Waals surface area contributed by atoms with Gasteiger partial charge in [-0.1, -0.05) is 24.6 Å². The number of hydrogen-bond donors (Lipinski definition) is 1. The van der Waals surface area contributed by atoms with E-state index in [1.807, 2.05) is 18.2 Å². The summed E-state index contributed by atoms with van der Waals surface area (Å²) >= 11 is 0. The molecular formula is C17H21NO3. The van der Waals surface area contributed by atoms with E-state index < -0.39 is 0 Å². The molecule has 3 unspecified atom stereocenters. The highest BCUT2D eigenvalue weighted by Crippen LogP contribution is 2.49. The summed E-state index contributed by atoms with van der Waals surface area (Å²) in [5.41, 5.74) is 0.714. The molecule has 0 radical (unpaired) electrons. The Balaban J connectivity index is 1.38. The number of amides is 1. The number of para-hydroxylation sites is 1. The lowest BCUT2D eigenvalue weighted by Crippen LogP contribution is -2.23. The van der Waals surface area contributed by atoms with Crippen LogP contribution in [0.25, 0.3) is 0 Å². The van der Waals surface area contributed by atoms with Gasteiger partial charge in [-0.25, -0.2) is 0 Å². The van der Waals surface area contributed by atoms with Crippen molar-refractivity contribution >= 4 is 17.6 Å². The van der Waals surface area contributed by atoms with E-state index >= 15 is 0 Å². The number of anilines is 1. The van der Waals surface area contributed by atoms with Crippen LogP contribution in [0.3, 0.4) is 0 Å². The Labute approximate surface area is 124 Å². The highest BCUT2D eigenvalue weighted by molar-refractivity contribution is 5.92. The van der Waals surface area contributed by atoms with E-state index in [1.54, 1.807) is 12.1 Å². The van der Waals surface area contributed by atoms with Crippen molar-refractivity contribution < 1.29 is 14.3 Å². The third kappa shape index (κ3) is 3.63. The molecule has 3 atom stereocenters. The van der Waals surface area contributed by atoms with Crippen LogP contribution in [0.1, 0.15) is 32.1 Å². The number of rotatable bonds is 5. The minimum absolute atomic E-state index is 0.200. The lowest BCUT2D eigenvalue weighted by Gasteiger charge is -2.20. The molecule has 0 heterocycles. The van der Waals surface area contributed by atoms with E-state index in [0.29, 0.717) is 23.9 Å². The van der Waals surface area contributed by atoms with Gasteiger partial charge in [0.15, 0.2) is 6.61 Å². The van der Waals surface area contributed by atoms with Crippen molar-refractivity contribution in [1.29, 1.82) is 0 Å². The molecule has 0 saturated heterocycles. The largest absolute Gasteiger partial charge is 0.456 e. The minimum atomic E-state index is -0.289. The average Bonchev–Trinajstić information content (AvgIpc) is 3.09. The fraction of sp³-hybridized carbons (Fsp3) is 0.529. The van der Waals surface area contributed by atoms with Crippen molar-refractivity contribution in [2.75, 3.05) is 11.9 Å². The van der Waals surface area contributed by atoms with Crippen LogP contribution in [0, 0.1) is 17.8 Å². The Morgan fingerprint density at radius 1 is 1.14 bits per heavy atom. The first kappa shape index (κ1) is 14.1. The van der Waals surface area contributed by atoms with E-state index in [9.17, 15) is 9.59 Å². The Bertz CT molecular complexity index is 514. The van der Waals surface area contributed by atoms with Gasteiger partial charge >= 0.3 is 5.97 Å². The normalized spacial score (nSPS) is 26.6. The molecule has 3 rings (SSSR count). The molecule has 1 aromatic rings. The van der Waals surface area contributed by atoms with Gasteiger partial charge in [0.25, 0.3) is 5.91 Å². The summed E-state index contributed by atoms with van der Waals surface area (Å²) in [6.07, 6.45) is 5.51. The van der Waals surface area contributed by atoms with Crippen LogP contribution in [-0.4, -0.2) is 18.5 Å². The highest BCUT2D eigenvalue weighted by atomic mass is 16.5. The fourth-order valence-corrected chi connectivity index (χ4v) is 3.76. The molecule has 1 amide bonds. The molecule has 2 bridgehead atoms. The predicted octanol–water partition coefficient (Wildman–Crippen LogP) is 2.99. The Morgan fingerprint density at radius 2 is 1.95 bits per heavy atom. The van der Waals surface area contributed by atoms with E-state index in [0.717, 1.165) is 12.3 Å². The summed E-state index contributed by atoms with van der Waals surface area (Å²) in [5, 5.41) is 2.70. The number of nitrogens with one attached hydrogen (secondary N) is 1. The number of ether oxygens (including phenoxy) is 1. The van der Waals surface area contributed by atoms with Crippen molar-refractivity contribution in [3.05, 3.63) is 30.3 Å². The van der Waals surface area contributed by atoms with E-state index in [2.05, 4.69) is 5.32 Å². The maximum absolute atomic E-state index is 11.8. The van der Waals surface area contributed by atoms with Crippen molar-refractivity contribution in [3.8, 4) is 0 Å². The Hall–Kier alpha value is -1.84. The van der Waals surface area contributed by atoms with Gasteiger partial charge in [0, 0.05) is 12.1 Å². The van der Waals surface area contributed by atoms with Crippen LogP contribution in [0.2, 0.25) is 0 Å². The first-order valence-corrected chi connectivity index (χ1v) is 7.71. The SMILES string of the molecule is O=C(COC(=O)CC1CC2CCC1C2)Nc1ccccc1. The third-order valence-corrected chi connectivity index (χ3v) is 4.74. The van der Waals surface area contributed by atoms with Crippen LogP contribution < -0.4 is 5.32 Å². The average molecular weight is 287 g/mol. The molecular weight excluding hydrogens is 266 g/mol. The Kier molecular flexibility index (Phi) is 4.23. The molecule has 2 saturated carbocycles. The number of hydrogen-bond acceptors (Lipinski definition) is 3. The zero-order valence-corrected chi connectivity index (χ0v) is 12.1. The number of carbonyl (C=O) groups is 2. The Morgan fingerprint density at radius 3 is 2.62 bits per heavy atom. The fourth-order valence-electron chi connectivity index (χ4n) is 3.76. The summed E-state index contributed by atoms with van der Waals surface area (Å²) in [4.78, 5) is 23.5. The zero-order valence-electron chi connectivity index (χ0n) is 12.1. The van der Waals surface area contributed by atoms with Crippen molar-refractivity contribution in [1.82, 2.24) is 0 Å². The van der Waals surface area contributed by atoms with Gasteiger partial charge in [0.1, 0.15) is 0 Å². The summed E-state index contributed by atoms with van der Waals surface area (Å²) < 4.78 is 5.09. The van der Waals surface area contributed by atoms with Gasteiger partial charge in [-0.2, -0.15) is 0 Å². The van der Waals surface area contributed by atoms with E-state index in [-0.39, 0.29) is 18.5 Å². The van der Waals surface area contributed by atoms with Gasteiger partial charge < -0.3 is 10.1 Å². The van der Waals surface area contributed by atoms with Crippen LogP contribution in [0.15, 0.2) is 30.3 Å². The van der Waals surface area contributed by atoms with Gasteiger partial charge in [-0.15, -0.1) is 0 Å². The van der Waals surface area contributed by atoms with Gasteiger partial charge in [-0.3, -0.25) is 9.59 Å². The van der Waals surface area contributed by atoms with Crippen molar-refractivity contribution in [2.24, 2.45) is 17.8 Å². The van der Waals surface area contributed by atoms with Crippen LogP contribution >= 0.6 is 0 Å². The summed E-state index contributed by atoms with van der Waals surface area (Å²) in [5.74, 6) is 1.49. The van der Waals surface area contributed by atoms with Crippen molar-refractivity contribution in [2.45, 2.75) is 32.1 Å². The second-order valence-corrected chi connectivity index (χ2v) is 6.21. The molecule has 4 nitrogen and oxygen atoms in total. The first-order valence-electron chi connectivity index (χ1n) is 7.71. The van der Waals surface area contributed by atoms with Crippen LogP contribution in [0.4, 0.5) is 5.69 Å². The lowest BCUT2D eigenvalue weighted by atomic mass is 9.86. The van der Waals surface area contributed by atoms with Crippen LogP contribution in [-0.2, 0) is 14.3 Å². The van der Waals surface area contributed by atoms with Gasteiger partial charge in [-0.05, 0) is 49.1 Å². The maximum atomic E-state index is 11.8. The molecule has 4 heteroatoms. The minimum Gasteiger partial charge on any atom is -0.456 e. The van der Waals surface area contributed by atoms with Crippen molar-refractivity contribution in [3.63, 3.8) is 0 Å². The third-order valence-electron chi connectivity index (χ3n) is 4.74. The molecule has 1 N–H and O–H groups in total. The molecule has 1 aromatic carbocycles. The van der Waals surface area contributed by atoms with E-state index in [4.69, 9.17) is 4.74 Å². The highest BCUT2D eigenvalue weighted by Gasteiger charge is 2.40. The monoisotopic (exact) mass is 287 g/mol. The quantitative estimate of drug-likeness (QED) is 0.847. The number of benzene rings is 1. The number of fused-ring (bicyclic) bond motifs is 2. The van der Waals surface area contributed by atoms with Crippen LogP contribution in [0.5, 0.6) is 0 Å². The summed E-state index contributed by atoms with van der Waals surface area (Å²) in [7, 11) is 0. The molecule has 2 aliphatic rings. The zero-order chi connectivity index (χ0) is 14.7. The van der Waals surface area contributed by atoms with E-state index in [1.165, 1.54) is 19.3 Å². The predicted molar refractivity (Wildman–Crippen MR) is 79.6 cm³/mol. The molecule has 2 fully saturated rings. The lowest BCUT2D eigenvalue weighted by molar-refractivity contribution is -0.148. The molecule has 0 spiro atoms. The smallest absolute Gasteiger partial charge is 0.306 e. The maximum Gasteiger partial charge on any atom is 0.306 e. The van der Waals surface area contributed by atoms with Gasteiger partial charge in [0.05, 0.1) is 0 Å². The number of carbonyl (C=O) groups excluding carboxylic acids is 2. The van der Waals surface area contributed by atoms with Gasteiger partial charge in [0.2, 0.25) is 0 Å². The second kappa shape index (κ2) is 6.29. The molecule has 2 aliphatic carbocycles. The molecule has 0 aromatic heterocycles. The molecule has 0 aliphatic heterocycles. The summed E-state index contributed by atoms with van der Waals surface area (Å²) in [6.45, 7) is -0.200. The molecule has 21 heavy (non-hydrogen) atoms. The summed E-state index contributed by atoms with van der Waals surface area (Å²) in [6, 6.07) is 9.17. The topological polar surface area (TPSA) is 55.4 Å². The standard InChI is InChI=1S/C17H21NO3/c19-16(18-15-4-2-1-3-5-15)11-21-17(20)10-14-9-12-6-7-13(14)8-12/h1-5,12-14H,6-11H2,(H,18,19). The number of esters is 1. The first-order chi connectivity index (χ1) is 10.2. The molecule has 112 valence electrons. The second-order valence-electron chi connectivity index (χ2n) is 6.21.